The Bertz CT molecular complexity index is 1110. The summed E-state index contributed by atoms with van der Waals surface area (Å²) in [6.07, 6.45) is 4.54. The van der Waals surface area contributed by atoms with Crippen molar-refractivity contribution in [3.63, 3.8) is 0 Å². The number of carbonyl (C=O) groups is 2. The quantitative estimate of drug-likeness (QED) is 0.566. The first kappa shape index (κ1) is 23.8. The van der Waals surface area contributed by atoms with Gasteiger partial charge in [-0.3, -0.25) is 9.59 Å². The van der Waals surface area contributed by atoms with E-state index < -0.39 is 0 Å². The fourth-order valence-corrected chi connectivity index (χ4v) is 4.13. The van der Waals surface area contributed by atoms with Gasteiger partial charge in [0.25, 0.3) is 5.91 Å². The highest BCUT2D eigenvalue weighted by Gasteiger charge is 2.33. The van der Waals surface area contributed by atoms with Gasteiger partial charge in [0.05, 0.1) is 31.5 Å². The molecule has 180 valence electrons. The Morgan fingerprint density at radius 1 is 1.21 bits per heavy atom. The molecule has 4 rings (SSSR count). The van der Waals surface area contributed by atoms with Gasteiger partial charge in [-0.05, 0) is 75.2 Å². The molecule has 0 bridgehead atoms. The molecule has 7 heteroatoms. The number of methoxy groups -OCH3 is 1. The van der Waals surface area contributed by atoms with Crippen LogP contribution in [0.2, 0.25) is 0 Å². The van der Waals surface area contributed by atoms with Gasteiger partial charge in [-0.15, -0.1) is 0 Å². The van der Waals surface area contributed by atoms with Crippen molar-refractivity contribution in [3.05, 3.63) is 59.3 Å². The molecule has 0 saturated heterocycles. The topological polar surface area (TPSA) is 71.1 Å². The number of ether oxygens (including phenoxy) is 2. The van der Waals surface area contributed by atoms with E-state index in [1.165, 1.54) is 0 Å². The Balaban J connectivity index is 1.64. The van der Waals surface area contributed by atoms with E-state index in [1.54, 1.807) is 12.0 Å². The number of benzene rings is 2. The van der Waals surface area contributed by atoms with E-state index in [0.717, 1.165) is 42.5 Å². The lowest BCUT2D eigenvalue weighted by atomic mass is 10.0. The average molecular weight is 464 g/mol. The van der Waals surface area contributed by atoms with Crippen molar-refractivity contribution in [2.45, 2.75) is 32.7 Å². The number of rotatable bonds is 10. The Morgan fingerprint density at radius 3 is 2.68 bits per heavy atom. The Labute approximate surface area is 201 Å². The molecule has 0 unspecified atom stereocenters. The molecule has 34 heavy (non-hydrogen) atoms. The monoisotopic (exact) mass is 463 g/mol. The van der Waals surface area contributed by atoms with Crippen LogP contribution < -0.4 is 14.8 Å². The highest BCUT2D eigenvalue weighted by Crippen LogP contribution is 2.36. The Morgan fingerprint density at radius 2 is 2.00 bits per heavy atom. The molecule has 1 N–H and O–H groups in total. The summed E-state index contributed by atoms with van der Waals surface area (Å²) in [4.78, 5) is 29.6. The van der Waals surface area contributed by atoms with Crippen LogP contribution in [0.3, 0.4) is 0 Å². The molecule has 2 aliphatic rings. The van der Waals surface area contributed by atoms with Crippen LogP contribution in [0.25, 0.3) is 5.57 Å². The average Bonchev–Trinajstić information content (AvgIpc) is 3.62. The predicted octanol–water partition coefficient (Wildman–Crippen LogP) is 4.39. The molecule has 1 aliphatic heterocycles. The van der Waals surface area contributed by atoms with Gasteiger partial charge in [0.1, 0.15) is 0 Å². The summed E-state index contributed by atoms with van der Waals surface area (Å²) < 4.78 is 11.2. The highest BCUT2D eigenvalue weighted by atomic mass is 16.5. The van der Waals surface area contributed by atoms with Crippen molar-refractivity contribution in [2.24, 2.45) is 5.92 Å². The third kappa shape index (κ3) is 5.25. The fourth-order valence-electron chi connectivity index (χ4n) is 4.13. The number of carbonyl (C=O) groups excluding carboxylic acids is 2. The second-order valence-corrected chi connectivity index (χ2v) is 9.04. The van der Waals surface area contributed by atoms with Gasteiger partial charge in [0.15, 0.2) is 11.5 Å². The molecule has 2 amide bonds. The number of hydrogen-bond donors (Lipinski definition) is 1. The van der Waals surface area contributed by atoms with E-state index >= 15 is 0 Å². The smallest absolute Gasteiger partial charge is 0.260 e. The third-order valence-electron chi connectivity index (χ3n) is 6.15. The number of amides is 2. The maximum absolute atomic E-state index is 13.4. The third-order valence-corrected chi connectivity index (χ3v) is 6.15. The first-order chi connectivity index (χ1) is 16.4. The van der Waals surface area contributed by atoms with E-state index in [-0.39, 0.29) is 17.7 Å². The zero-order valence-corrected chi connectivity index (χ0v) is 20.4. The lowest BCUT2D eigenvalue weighted by molar-refractivity contribution is -0.117. The first-order valence-corrected chi connectivity index (χ1v) is 11.8. The van der Waals surface area contributed by atoms with E-state index in [4.69, 9.17) is 9.47 Å². The number of hydrogen-bond acceptors (Lipinski definition) is 5. The lowest BCUT2D eigenvalue weighted by Crippen LogP contribution is -2.21. The van der Waals surface area contributed by atoms with Gasteiger partial charge in [0.2, 0.25) is 5.91 Å². The van der Waals surface area contributed by atoms with Crippen molar-refractivity contribution in [1.82, 2.24) is 9.80 Å². The summed E-state index contributed by atoms with van der Waals surface area (Å²) in [6.45, 7) is 3.78. The molecule has 1 heterocycles. The molecule has 7 nitrogen and oxygen atoms in total. The number of fused-ring (bicyclic) bond motifs is 1. The zero-order chi connectivity index (χ0) is 24.2. The summed E-state index contributed by atoms with van der Waals surface area (Å²) >= 11 is 0. The molecule has 1 fully saturated rings. The van der Waals surface area contributed by atoms with E-state index in [0.29, 0.717) is 35.9 Å². The zero-order valence-electron chi connectivity index (χ0n) is 20.4. The van der Waals surface area contributed by atoms with Gasteiger partial charge in [-0.2, -0.15) is 0 Å². The highest BCUT2D eigenvalue weighted by molar-refractivity contribution is 6.08. The molecule has 0 aromatic heterocycles. The summed E-state index contributed by atoms with van der Waals surface area (Å²) in [5.41, 5.74) is 4.13. The SMILES string of the molecule is CCOc1cc(/C(=C\N2Cc3cccc(NC(=O)C4CC4)c3C2=O)CCN(C)C)ccc1OC. The first-order valence-electron chi connectivity index (χ1n) is 11.8. The molecule has 1 saturated carbocycles. The Hall–Kier alpha value is -3.32. The van der Waals surface area contributed by atoms with Crippen LogP contribution in [0.5, 0.6) is 11.5 Å². The second kappa shape index (κ2) is 10.3. The number of anilines is 1. The largest absolute Gasteiger partial charge is 0.493 e. The van der Waals surface area contributed by atoms with Gasteiger partial charge in [-0.25, -0.2) is 0 Å². The van der Waals surface area contributed by atoms with Gasteiger partial charge >= 0.3 is 0 Å². The van der Waals surface area contributed by atoms with Crippen molar-refractivity contribution in [2.75, 3.05) is 39.7 Å². The second-order valence-electron chi connectivity index (χ2n) is 9.04. The van der Waals surface area contributed by atoms with E-state index in [1.807, 2.05) is 63.6 Å². The summed E-state index contributed by atoms with van der Waals surface area (Å²) in [6, 6.07) is 11.5. The minimum absolute atomic E-state index is 0.00329. The van der Waals surface area contributed by atoms with Crippen LogP contribution >= 0.6 is 0 Å². The van der Waals surface area contributed by atoms with E-state index in [9.17, 15) is 9.59 Å². The summed E-state index contributed by atoms with van der Waals surface area (Å²) in [5.74, 6) is 1.35. The maximum Gasteiger partial charge on any atom is 0.260 e. The Kier molecular flexibility index (Phi) is 7.22. The standard InChI is InChI=1S/C27H33N3O4/c1-5-34-24-15-19(11-12-23(24)33-4)20(13-14-29(2)3)16-30-17-21-7-6-8-22(25(21)27(30)32)28-26(31)18-9-10-18/h6-8,11-12,15-16,18H,5,9-10,13-14,17H2,1-4H3,(H,28,31)/b20-16-. The van der Waals surface area contributed by atoms with Crippen LogP contribution in [-0.2, 0) is 11.3 Å². The normalized spacial score (nSPS) is 15.5. The van der Waals surface area contributed by atoms with Crippen LogP contribution in [0.4, 0.5) is 5.69 Å². The van der Waals surface area contributed by atoms with Crippen LogP contribution in [0.1, 0.15) is 47.7 Å². The lowest BCUT2D eigenvalue weighted by Gasteiger charge is -2.18. The van der Waals surface area contributed by atoms with Crippen molar-refractivity contribution in [1.29, 1.82) is 0 Å². The van der Waals surface area contributed by atoms with Crippen molar-refractivity contribution >= 4 is 23.1 Å². The summed E-state index contributed by atoms with van der Waals surface area (Å²) in [5, 5.41) is 2.97. The van der Waals surface area contributed by atoms with Crippen LogP contribution in [0, 0.1) is 5.92 Å². The number of nitrogens with zero attached hydrogens (tertiary/aromatic N) is 2. The molecular weight excluding hydrogens is 430 g/mol. The molecule has 2 aromatic rings. The van der Waals surface area contributed by atoms with E-state index in [2.05, 4.69) is 10.2 Å². The maximum atomic E-state index is 13.4. The summed E-state index contributed by atoms with van der Waals surface area (Å²) in [7, 11) is 5.69. The van der Waals surface area contributed by atoms with Crippen molar-refractivity contribution in [3.8, 4) is 11.5 Å². The predicted molar refractivity (Wildman–Crippen MR) is 133 cm³/mol. The number of nitrogens with one attached hydrogen (secondary N) is 1. The molecular formula is C27H33N3O4. The molecule has 0 atom stereocenters. The minimum Gasteiger partial charge on any atom is -0.493 e. The van der Waals surface area contributed by atoms with Crippen molar-refractivity contribution < 1.29 is 19.1 Å². The molecule has 1 aliphatic carbocycles. The molecule has 2 aromatic carbocycles. The fraction of sp³-hybridized carbons (Fsp3) is 0.407. The molecule has 0 spiro atoms. The minimum atomic E-state index is -0.0948. The van der Waals surface area contributed by atoms with Crippen LogP contribution in [-0.4, -0.2) is 56.0 Å². The van der Waals surface area contributed by atoms with Gasteiger partial charge in [0, 0.05) is 18.7 Å². The molecule has 0 radical (unpaired) electrons. The van der Waals surface area contributed by atoms with Gasteiger partial charge < -0.3 is 24.6 Å². The van der Waals surface area contributed by atoms with Crippen LogP contribution in [0.15, 0.2) is 42.6 Å². The van der Waals surface area contributed by atoms with Gasteiger partial charge in [-0.1, -0.05) is 18.2 Å².